The van der Waals surface area contributed by atoms with Crippen LogP contribution >= 0.6 is 0 Å². The van der Waals surface area contributed by atoms with Gasteiger partial charge in [-0.1, -0.05) is 30.3 Å². The molecule has 0 aliphatic carbocycles. The highest BCUT2D eigenvalue weighted by molar-refractivity contribution is 5.58. The molecule has 0 saturated carbocycles. The van der Waals surface area contributed by atoms with Crippen LogP contribution in [0.15, 0.2) is 42.6 Å². The van der Waals surface area contributed by atoms with Crippen LogP contribution < -0.4 is 0 Å². The lowest BCUT2D eigenvalue weighted by Gasteiger charge is -2.05. The zero-order valence-corrected chi connectivity index (χ0v) is 10.4. The molecule has 0 spiro atoms. The smallest absolute Gasteiger partial charge is 0.234 e. The maximum absolute atomic E-state index is 13.6. The lowest BCUT2D eigenvalue weighted by Crippen LogP contribution is -2.09. The maximum atomic E-state index is 13.6. The largest absolute Gasteiger partial charge is 0.254 e. The molecule has 0 bridgehead atoms. The Hall–Kier alpha value is -2.70. The van der Waals surface area contributed by atoms with E-state index in [-0.39, 0.29) is 0 Å². The number of benzene rings is 1. The van der Waals surface area contributed by atoms with Gasteiger partial charge in [-0.15, -0.1) is 0 Å². The Labute approximate surface area is 116 Å². The molecule has 1 aromatic carbocycles. The highest BCUT2D eigenvalue weighted by atomic mass is 19.2. The van der Waals surface area contributed by atoms with Gasteiger partial charge in [0.2, 0.25) is 11.6 Å². The molecule has 0 radical (unpaired) electrons. The molecule has 7 heteroatoms. The molecule has 2 heterocycles. The molecule has 3 nitrogen and oxygen atoms in total. The van der Waals surface area contributed by atoms with Crippen molar-refractivity contribution in [1.29, 1.82) is 0 Å². The first-order valence-electron chi connectivity index (χ1n) is 5.89. The SMILES string of the molecule is Fc1nc(F)c(F)c(-n2ccc(-c3ccccc3)n2)c1F. The van der Waals surface area contributed by atoms with Crippen LogP contribution in [-0.4, -0.2) is 14.8 Å². The summed E-state index contributed by atoms with van der Waals surface area (Å²) in [6, 6.07) is 10.3. The third-order valence-corrected chi connectivity index (χ3v) is 2.86. The molecule has 3 aromatic rings. The fraction of sp³-hybridized carbons (Fsp3) is 0. The second-order valence-electron chi connectivity index (χ2n) is 4.18. The predicted molar refractivity (Wildman–Crippen MR) is 66.6 cm³/mol. The van der Waals surface area contributed by atoms with Gasteiger partial charge >= 0.3 is 0 Å². The first kappa shape index (κ1) is 13.3. The lowest BCUT2D eigenvalue weighted by atomic mass is 10.2. The van der Waals surface area contributed by atoms with E-state index >= 15 is 0 Å². The minimum Gasteiger partial charge on any atom is -0.234 e. The quantitative estimate of drug-likeness (QED) is 0.535. The zero-order valence-electron chi connectivity index (χ0n) is 10.4. The molecule has 0 unspecified atom stereocenters. The van der Waals surface area contributed by atoms with Crippen LogP contribution in [0.3, 0.4) is 0 Å². The molecule has 2 aromatic heterocycles. The summed E-state index contributed by atoms with van der Waals surface area (Å²) in [6.07, 6.45) is 1.21. The number of rotatable bonds is 2. The highest BCUT2D eigenvalue weighted by Crippen LogP contribution is 2.23. The van der Waals surface area contributed by atoms with Gasteiger partial charge in [-0.05, 0) is 6.07 Å². The van der Waals surface area contributed by atoms with Gasteiger partial charge in [-0.25, -0.2) is 4.68 Å². The Morgan fingerprint density at radius 2 is 1.43 bits per heavy atom. The topological polar surface area (TPSA) is 30.7 Å². The van der Waals surface area contributed by atoms with Crippen LogP contribution in [0.25, 0.3) is 16.9 Å². The Morgan fingerprint density at radius 1 is 0.810 bits per heavy atom. The van der Waals surface area contributed by atoms with Gasteiger partial charge in [0.1, 0.15) is 5.69 Å². The van der Waals surface area contributed by atoms with Crippen LogP contribution in [0.5, 0.6) is 0 Å². The van der Waals surface area contributed by atoms with Crippen molar-refractivity contribution in [2.24, 2.45) is 0 Å². The van der Waals surface area contributed by atoms with Crippen molar-refractivity contribution >= 4 is 0 Å². The third-order valence-electron chi connectivity index (χ3n) is 2.86. The van der Waals surface area contributed by atoms with E-state index in [4.69, 9.17) is 0 Å². The Balaban J connectivity index is 2.13. The molecule has 106 valence electrons. The van der Waals surface area contributed by atoms with E-state index < -0.39 is 29.2 Å². The molecule has 0 N–H and O–H groups in total. The average molecular weight is 293 g/mol. The van der Waals surface area contributed by atoms with Crippen LogP contribution in [0.4, 0.5) is 17.6 Å². The minimum atomic E-state index is -1.72. The lowest BCUT2D eigenvalue weighted by molar-refractivity contribution is 0.400. The Kier molecular flexibility index (Phi) is 3.17. The molecular weight excluding hydrogens is 286 g/mol. The van der Waals surface area contributed by atoms with Gasteiger partial charge in [0.05, 0.1) is 5.69 Å². The second kappa shape index (κ2) is 5.01. The summed E-state index contributed by atoms with van der Waals surface area (Å²) in [5, 5.41) is 3.93. The van der Waals surface area contributed by atoms with Crippen molar-refractivity contribution < 1.29 is 17.6 Å². The van der Waals surface area contributed by atoms with E-state index in [0.29, 0.717) is 11.3 Å². The Bertz CT molecular complexity index is 773. The average Bonchev–Trinajstić information content (AvgIpc) is 2.96. The highest BCUT2D eigenvalue weighted by Gasteiger charge is 2.23. The van der Waals surface area contributed by atoms with E-state index in [1.54, 1.807) is 30.3 Å². The summed E-state index contributed by atoms with van der Waals surface area (Å²) < 4.78 is 54.2. The standard InChI is InChI=1S/C14H7F4N3/c15-10-12(11(16)14(18)19-13(10)17)21-7-6-9(20-21)8-4-2-1-3-5-8/h1-7H. The first-order chi connectivity index (χ1) is 10.1. The fourth-order valence-electron chi connectivity index (χ4n) is 1.89. The first-order valence-corrected chi connectivity index (χ1v) is 5.89. The number of pyridine rings is 1. The normalized spacial score (nSPS) is 10.9. The molecule has 0 saturated heterocycles. The molecule has 0 aliphatic rings. The van der Waals surface area contributed by atoms with Gasteiger partial charge in [-0.3, -0.25) is 0 Å². The van der Waals surface area contributed by atoms with Crippen LogP contribution in [0.1, 0.15) is 0 Å². The predicted octanol–water partition coefficient (Wildman–Crippen LogP) is 3.49. The van der Waals surface area contributed by atoms with Crippen molar-refractivity contribution in [1.82, 2.24) is 14.8 Å². The summed E-state index contributed by atoms with van der Waals surface area (Å²) in [7, 11) is 0. The summed E-state index contributed by atoms with van der Waals surface area (Å²) >= 11 is 0. The van der Waals surface area contributed by atoms with Gasteiger partial charge < -0.3 is 0 Å². The van der Waals surface area contributed by atoms with Crippen molar-refractivity contribution in [2.45, 2.75) is 0 Å². The van der Waals surface area contributed by atoms with Crippen molar-refractivity contribution in [3.63, 3.8) is 0 Å². The summed E-state index contributed by atoms with van der Waals surface area (Å²) in [5.41, 5.74) is 0.168. The maximum Gasteiger partial charge on any atom is 0.254 e. The fourth-order valence-corrected chi connectivity index (χ4v) is 1.89. The van der Waals surface area contributed by atoms with Crippen LogP contribution in [-0.2, 0) is 0 Å². The number of hydrogen-bond donors (Lipinski definition) is 0. The Morgan fingerprint density at radius 3 is 2.05 bits per heavy atom. The summed E-state index contributed by atoms with van der Waals surface area (Å²) in [5.74, 6) is -6.64. The van der Waals surface area contributed by atoms with Gasteiger partial charge in [0, 0.05) is 11.8 Å². The minimum absolute atomic E-state index is 0.409. The number of halogens is 4. The number of aromatic nitrogens is 3. The van der Waals surface area contributed by atoms with Crippen molar-refractivity contribution in [3.8, 4) is 16.9 Å². The number of nitrogens with zero attached hydrogens (tertiary/aromatic N) is 3. The van der Waals surface area contributed by atoms with Crippen LogP contribution in [0.2, 0.25) is 0 Å². The molecule has 0 aliphatic heterocycles. The molecule has 0 fully saturated rings. The molecule has 0 atom stereocenters. The monoisotopic (exact) mass is 293 g/mol. The summed E-state index contributed by atoms with van der Waals surface area (Å²) in [6.45, 7) is 0. The van der Waals surface area contributed by atoms with Crippen molar-refractivity contribution in [2.75, 3.05) is 0 Å². The van der Waals surface area contributed by atoms with Gasteiger partial charge in [0.25, 0.3) is 11.9 Å². The van der Waals surface area contributed by atoms with E-state index in [0.717, 1.165) is 4.68 Å². The summed E-state index contributed by atoms with van der Waals surface area (Å²) in [4.78, 5) is 2.50. The second-order valence-corrected chi connectivity index (χ2v) is 4.18. The van der Waals surface area contributed by atoms with E-state index in [1.807, 2.05) is 0 Å². The van der Waals surface area contributed by atoms with E-state index in [9.17, 15) is 17.6 Å². The third kappa shape index (κ3) is 2.26. The molecule has 21 heavy (non-hydrogen) atoms. The number of hydrogen-bond acceptors (Lipinski definition) is 2. The van der Waals surface area contributed by atoms with Crippen molar-refractivity contribution in [3.05, 3.63) is 66.1 Å². The molecule has 0 amide bonds. The van der Waals surface area contributed by atoms with Gasteiger partial charge in [-0.2, -0.15) is 27.6 Å². The van der Waals surface area contributed by atoms with Crippen LogP contribution in [0, 0.1) is 23.5 Å². The van der Waals surface area contributed by atoms with E-state index in [1.165, 1.54) is 12.3 Å². The van der Waals surface area contributed by atoms with Gasteiger partial charge in [0.15, 0.2) is 0 Å². The van der Waals surface area contributed by atoms with E-state index in [2.05, 4.69) is 10.1 Å². The molecular formula is C14H7F4N3. The molecule has 3 rings (SSSR count). The zero-order chi connectivity index (χ0) is 15.0.